The van der Waals surface area contributed by atoms with Gasteiger partial charge >= 0.3 is 0 Å². The highest BCUT2D eigenvalue weighted by Gasteiger charge is 2.39. The van der Waals surface area contributed by atoms with E-state index >= 15 is 0 Å². The molecule has 3 heteroatoms. The van der Waals surface area contributed by atoms with Crippen LogP contribution in [0.3, 0.4) is 0 Å². The van der Waals surface area contributed by atoms with Crippen molar-refractivity contribution in [2.24, 2.45) is 0 Å². The van der Waals surface area contributed by atoms with Gasteiger partial charge in [0.25, 0.3) is 0 Å². The first-order valence-corrected chi connectivity index (χ1v) is 11.3. The van der Waals surface area contributed by atoms with E-state index in [2.05, 4.69) is 59.5 Å². The van der Waals surface area contributed by atoms with Crippen LogP contribution in [0.4, 0.5) is 0 Å². The maximum absolute atomic E-state index is 12.2. The number of carbonyl (C=O) groups is 1. The topological polar surface area (TPSA) is 26.3 Å². The molecular formula is C20H32O2Si. The number of allylic oxidation sites excluding steroid dienone is 1. The van der Waals surface area contributed by atoms with E-state index in [0.29, 0.717) is 0 Å². The third kappa shape index (κ3) is 5.07. The van der Waals surface area contributed by atoms with Gasteiger partial charge in [0.15, 0.2) is 0 Å². The van der Waals surface area contributed by atoms with Gasteiger partial charge in [0.05, 0.1) is 0 Å². The molecule has 1 aromatic carbocycles. The predicted molar refractivity (Wildman–Crippen MR) is 102 cm³/mol. The highest BCUT2D eigenvalue weighted by atomic mass is 28.4. The molecule has 0 saturated heterocycles. The van der Waals surface area contributed by atoms with Gasteiger partial charge in [0, 0.05) is 11.5 Å². The average molecular weight is 333 g/mol. The summed E-state index contributed by atoms with van der Waals surface area (Å²) in [5.41, 5.74) is 2.19. The standard InChI is InChI=1S/C20H32O2Si/c1-9-10-11-17(16(3)21)18-14-15(2)12-13-19(18)22-23(7,8)20(4,5)6/h9,12-14,17H,1,10-11H2,2-8H3. The summed E-state index contributed by atoms with van der Waals surface area (Å²) in [4.78, 5) is 12.2. The number of rotatable bonds is 7. The van der Waals surface area contributed by atoms with Crippen LogP contribution in [0.2, 0.25) is 18.1 Å². The maximum Gasteiger partial charge on any atom is 0.250 e. The van der Waals surface area contributed by atoms with Crippen molar-refractivity contribution in [2.75, 3.05) is 0 Å². The summed E-state index contributed by atoms with van der Waals surface area (Å²) in [6.07, 6.45) is 3.49. The summed E-state index contributed by atoms with van der Waals surface area (Å²) < 4.78 is 6.52. The largest absolute Gasteiger partial charge is 0.543 e. The molecule has 23 heavy (non-hydrogen) atoms. The Morgan fingerprint density at radius 3 is 2.43 bits per heavy atom. The van der Waals surface area contributed by atoms with Crippen LogP contribution in [0.5, 0.6) is 5.75 Å². The van der Waals surface area contributed by atoms with Crippen LogP contribution in [0, 0.1) is 6.92 Å². The molecule has 0 fully saturated rings. The van der Waals surface area contributed by atoms with Gasteiger partial charge in [0.1, 0.15) is 11.5 Å². The lowest BCUT2D eigenvalue weighted by Gasteiger charge is -2.37. The van der Waals surface area contributed by atoms with Crippen molar-refractivity contribution in [2.45, 2.75) is 71.5 Å². The molecule has 0 radical (unpaired) electrons. The van der Waals surface area contributed by atoms with Crippen molar-refractivity contribution >= 4 is 14.1 Å². The minimum absolute atomic E-state index is 0.118. The summed E-state index contributed by atoms with van der Waals surface area (Å²) in [5.74, 6) is 0.955. The Morgan fingerprint density at radius 1 is 1.35 bits per heavy atom. The molecule has 0 saturated carbocycles. The number of hydrogen-bond acceptors (Lipinski definition) is 2. The van der Waals surface area contributed by atoms with E-state index in [4.69, 9.17) is 4.43 Å². The van der Waals surface area contributed by atoms with Crippen molar-refractivity contribution in [3.05, 3.63) is 42.0 Å². The van der Waals surface area contributed by atoms with Gasteiger partial charge in [-0.2, -0.15) is 0 Å². The molecular weight excluding hydrogens is 300 g/mol. The lowest BCUT2D eigenvalue weighted by Crippen LogP contribution is -2.44. The fourth-order valence-electron chi connectivity index (χ4n) is 2.32. The zero-order valence-electron chi connectivity index (χ0n) is 15.8. The second-order valence-electron chi connectivity index (χ2n) is 7.93. The molecule has 0 spiro atoms. The van der Waals surface area contributed by atoms with Crippen molar-refractivity contribution < 1.29 is 9.22 Å². The average Bonchev–Trinajstić information content (AvgIpc) is 2.40. The van der Waals surface area contributed by atoms with Crippen molar-refractivity contribution in [1.82, 2.24) is 0 Å². The molecule has 0 aliphatic rings. The molecule has 0 bridgehead atoms. The molecule has 1 atom stereocenters. The monoisotopic (exact) mass is 332 g/mol. The fraction of sp³-hybridized carbons (Fsp3) is 0.550. The van der Waals surface area contributed by atoms with Crippen LogP contribution in [0.1, 0.15) is 57.6 Å². The molecule has 0 aliphatic heterocycles. The third-order valence-corrected chi connectivity index (χ3v) is 9.20. The third-order valence-electron chi connectivity index (χ3n) is 4.86. The number of aryl methyl sites for hydroxylation is 1. The predicted octanol–water partition coefficient (Wildman–Crippen LogP) is 6.02. The Balaban J connectivity index is 3.29. The molecule has 0 amide bonds. The normalized spacial score (nSPS) is 13.5. The van der Waals surface area contributed by atoms with E-state index in [-0.39, 0.29) is 16.7 Å². The van der Waals surface area contributed by atoms with E-state index in [1.807, 2.05) is 12.1 Å². The fourth-order valence-corrected chi connectivity index (χ4v) is 3.37. The molecule has 0 N–H and O–H groups in total. The van der Waals surface area contributed by atoms with Gasteiger partial charge in [-0.05, 0) is 50.9 Å². The molecule has 0 aliphatic carbocycles. The zero-order chi connectivity index (χ0) is 17.8. The number of carbonyl (C=O) groups excluding carboxylic acids is 1. The van der Waals surface area contributed by atoms with Crippen LogP contribution in [-0.2, 0) is 4.79 Å². The molecule has 0 aromatic heterocycles. The summed E-state index contributed by atoms with van der Waals surface area (Å²) in [7, 11) is -1.94. The minimum Gasteiger partial charge on any atom is -0.543 e. The zero-order valence-corrected chi connectivity index (χ0v) is 16.8. The van der Waals surface area contributed by atoms with E-state index in [0.717, 1.165) is 29.7 Å². The van der Waals surface area contributed by atoms with Crippen molar-refractivity contribution in [3.63, 3.8) is 0 Å². The maximum atomic E-state index is 12.2. The SMILES string of the molecule is C=CCCC(C(C)=O)c1cc(C)ccc1O[Si](C)(C)C(C)(C)C. The smallest absolute Gasteiger partial charge is 0.250 e. The molecule has 128 valence electrons. The van der Waals surface area contributed by atoms with E-state index < -0.39 is 8.32 Å². The Bertz CT molecular complexity index is 567. The van der Waals surface area contributed by atoms with Crippen LogP contribution in [0.25, 0.3) is 0 Å². The Hall–Kier alpha value is -1.35. The van der Waals surface area contributed by atoms with Crippen LogP contribution in [-0.4, -0.2) is 14.1 Å². The Morgan fingerprint density at radius 2 is 1.96 bits per heavy atom. The Labute approximate surface area is 143 Å². The summed E-state index contributed by atoms with van der Waals surface area (Å²) in [5, 5.41) is 0.127. The summed E-state index contributed by atoms with van der Waals surface area (Å²) in [6, 6.07) is 6.21. The minimum atomic E-state index is -1.94. The first kappa shape index (κ1) is 19.7. The lowest BCUT2D eigenvalue weighted by atomic mass is 9.89. The van der Waals surface area contributed by atoms with Gasteiger partial charge in [-0.3, -0.25) is 4.79 Å². The molecule has 1 unspecified atom stereocenters. The van der Waals surface area contributed by atoms with Crippen LogP contribution >= 0.6 is 0 Å². The first-order chi connectivity index (χ1) is 10.5. The van der Waals surface area contributed by atoms with Crippen molar-refractivity contribution in [3.8, 4) is 5.75 Å². The second-order valence-corrected chi connectivity index (χ2v) is 12.7. The summed E-state index contributed by atoms with van der Waals surface area (Å²) in [6.45, 7) is 18.7. The van der Waals surface area contributed by atoms with E-state index in [1.54, 1.807) is 6.92 Å². The quantitative estimate of drug-likeness (QED) is 0.451. The number of ketones is 1. The number of benzene rings is 1. The second kappa shape index (κ2) is 7.48. The van der Waals surface area contributed by atoms with E-state index in [9.17, 15) is 4.79 Å². The molecule has 1 aromatic rings. The van der Waals surface area contributed by atoms with Gasteiger partial charge in [-0.25, -0.2) is 0 Å². The van der Waals surface area contributed by atoms with Gasteiger partial charge in [0.2, 0.25) is 8.32 Å². The lowest BCUT2D eigenvalue weighted by molar-refractivity contribution is -0.118. The van der Waals surface area contributed by atoms with Crippen LogP contribution in [0.15, 0.2) is 30.9 Å². The molecule has 0 heterocycles. The van der Waals surface area contributed by atoms with E-state index in [1.165, 1.54) is 0 Å². The molecule has 1 rings (SSSR count). The number of hydrogen-bond donors (Lipinski definition) is 0. The Kier molecular flexibility index (Phi) is 6.40. The molecule has 2 nitrogen and oxygen atoms in total. The van der Waals surface area contributed by atoms with Gasteiger partial charge < -0.3 is 4.43 Å². The van der Waals surface area contributed by atoms with Gasteiger partial charge in [-0.1, -0.05) is 44.5 Å². The summed E-state index contributed by atoms with van der Waals surface area (Å²) >= 11 is 0. The van der Waals surface area contributed by atoms with Crippen LogP contribution < -0.4 is 4.43 Å². The van der Waals surface area contributed by atoms with Crippen molar-refractivity contribution in [1.29, 1.82) is 0 Å². The highest BCUT2D eigenvalue weighted by Crippen LogP contribution is 2.40. The van der Waals surface area contributed by atoms with Gasteiger partial charge in [-0.15, -0.1) is 6.58 Å². The highest BCUT2D eigenvalue weighted by molar-refractivity contribution is 6.74. The first-order valence-electron chi connectivity index (χ1n) is 8.40. The number of Topliss-reactive ketones (excluding diaryl/α,β-unsaturated/α-hetero) is 1.